The number of aryl methyl sites for hydroxylation is 2. The first-order valence-electron chi connectivity index (χ1n) is 6.79. The van der Waals surface area contributed by atoms with Gasteiger partial charge < -0.3 is 11.1 Å². The summed E-state index contributed by atoms with van der Waals surface area (Å²) in [6.07, 6.45) is 0.580. The van der Waals surface area contributed by atoms with Gasteiger partial charge in [-0.15, -0.1) is 0 Å². The number of hydrogen-bond acceptors (Lipinski definition) is 4. The Kier molecular flexibility index (Phi) is 3.97. The molecule has 0 saturated carbocycles. The molecule has 0 bridgehead atoms. The standard InChI is InChI=1S/C15H19N3O3/c1-8-6-9(2)11(16)7-10(8)14(20)17-12-4-5-13(19)18(3)15(12)21/h6-7,12H,4-5,16H2,1-3H3,(H,17,20). The number of piperidine rings is 1. The second-order valence-electron chi connectivity index (χ2n) is 5.38. The first-order valence-corrected chi connectivity index (χ1v) is 6.79. The quantitative estimate of drug-likeness (QED) is 0.621. The van der Waals surface area contributed by atoms with Gasteiger partial charge >= 0.3 is 0 Å². The number of amides is 3. The molecule has 0 aromatic heterocycles. The van der Waals surface area contributed by atoms with Crippen LogP contribution in [0.15, 0.2) is 12.1 Å². The SMILES string of the molecule is Cc1cc(C)c(C(=O)NC2CCC(=O)N(C)C2=O)cc1N. The molecule has 6 heteroatoms. The fourth-order valence-corrected chi connectivity index (χ4v) is 2.40. The van der Waals surface area contributed by atoms with Crippen LogP contribution in [0.2, 0.25) is 0 Å². The van der Waals surface area contributed by atoms with Gasteiger partial charge in [-0.3, -0.25) is 19.3 Å². The van der Waals surface area contributed by atoms with Gasteiger partial charge in [0.05, 0.1) is 0 Å². The van der Waals surface area contributed by atoms with E-state index in [1.54, 1.807) is 6.07 Å². The molecular weight excluding hydrogens is 270 g/mol. The van der Waals surface area contributed by atoms with Crippen molar-refractivity contribution in [3.05, 3.63) is 28.8 Å². The zero-order chi connectivity index (χ0) is 15.7. The number of benzene rings is 1. The highest BCUT2D eigenvalue weighted by Gasteiger charge is 2.33. The third kappa shape index (κ3) is 2.89. The van der Waals surface area contributed by atoms with E-state index in [9.17, 15) is 14.4 Å². The summed E-state index contributed by atoms with van der Waals surface area (Å²) in [5.41, 5.74) is 8.52. The predicted molar refractivity (Wildman–Crippen MR) is 78.6 cm³/mol. The van der Waals surface area contributed by atoms with Crippen LogP contribution in [0.3, 0.4) is 0 Å². The van der Waals surface area contributed by atoms with Gasteiger partial charge in [0, 0.05) is 24.7 Å². The lowest BCUT2D eigenvalue weighted by atomic mass is 10.0. The molecule has 3 N–H and O–H groups in total. The van der Waals surface area contributed by atoms with Crippen LogP contribution < -0.4 is 11.1 Å². The third-order valence-electron chi connectivity index (χ3n) is 3.81. The first-order chi connectivity index (χ1) is 9.81. The fraction of sp³-hybridized carbons (Fsp3) is 0.400. The normalized spacial score (nSPS) is 18.8. The molecule has 1 aromatic rings. The molecule has 1 aliphatic heterocycles. The summed E-state index contributed by atoms with van der Waals surface area (Å²) in [6, 6.07) is 2.78. The van der Waals surface area contributed by atoms with Gasteiger partial charge in [-0.1, -0.05) is 6.07 Å². The summed E-state index contributed by atoms with van der Waals surface area (Å²) in [7, 11) is 1.43. The maximum absolute atomic E-state index is 12.3. The smallest absolute Gasteiger partial charge is 0.252 e. The highest BCUT2D eigenvalue weighted by Crippen LogP contribution is 2.19. The molecule has 112 valence electrons. The van der Waals surface area contributed by atoms with Gasteiger partial charge in [-0.25, -0.2) is 0 Å². The van der Waals surface area contributed by atoms with E-state index in [-0.39, 0.29) is 24.1 Å². The Bertz CT molecular complexity index is 625. The largest absolute Gasteiger partial charge is 0.398 e. The molecule has 0 radical (unpaired) electrons. The number of nitrogens with two attached hydrogens (primary N) is 1. The molecule has 0 spiro atoms. The van der Waals surface area contributed by atoms with Gasteiger partial charge in [-0.05, 0) is 37.5 Å². The van der Waals surface area contributed by atoms with Crippen LogP contribution in [0.4, 0.5) is 5.69 Å². The van der Waals surface area contributed by atoms with Crippen LogP contribution in [0.25, 0.3) is 0 Å². The average molecular weight is 289 g/mol. The molecule has 1 unspecified atom stereocenters. The van der Waals surface area contributed by atoms with Crippen molar-refractivity contribution in [2.75, 3.05) is 12.8 Å². The Morgan fingerprint density at radius 2 is 1.95 bits per heavy atom. The first kappa shape index (κ1) is 15.0. The van der Waals surface area contributed by atoms with Crippen molar-refractivity contribution < 1.29 is 14.4 Å². The van der Waals surface area contributed by atoms with Crippen molar-refractivity contribution in [2.45, 2.75) is 32.7 Å². The van der Waals surface area contributed by atoms with Crippen molar-refractivity contribution in [1.82, 2.24) is 10.2 Å². The number of hydrogen-bond donors (Lipinski definition) is 2. The van der Waals surface area contributed by atoms with Crippen molar-refractivity contribution in [1.29, 1.82) is 0 Å². The van der Waals surface area contributed by atoms with E-state index in [2.05, 4.69) is 5.32 Å². The Balaban J connectivity index is 2.17. The lowest BCUT2D eigenvalue weighted by molar-refractivity contribution is -0.147. The molecule has 1 aliphatic rings. The number of imide groups is 1. The molecule has 6 nitrogen and oxygen atoms in total. The molecular formula is C15H19N3O3. The lowest BCUT2D eigenvalue weighted by Crippen LogP contribution is -2.53. The zero-order valence-electron chi connectivity index (χ0n) is 12.4. The molecule has 1 heterocycles. The zero-order valence-corrected chi connectivity index (χ0v) is 12.4. The molecule has 0 aliphatic carbocycles. The number of nitrogen functional groups attached to an aromatic ring is 1. The molecule has 1 aromatic carbocycles. The molecule has 1 atom stereocenters. The number of carbonyl (C=O) groups is 3. The fourth-order valence-electron chi connectivity index (χ4n) is 2.40. The van der Waals surface area contributed by atoms with E-state index in [1.165, 1.54) is 7.05 Å². The van der Waals surface area contributed by atoms with Crippen LogP contribution in [0.5, 0.6) is 0 Å². The summed E-state index contributed by atoms with van der Waals surface area (Å²) in [6.45, 7) is 3.69. The van der Waals surface area contributed by atoms with Crippen LogP contribution in [-0.2, 0) is 9.59 Å². The summed E-state index contributed by atoms with van der Waals surface area (Å²) < 4.78 is 0. The third-order valence-corrected chi connectivity index (χ3v) is 3.81. The van der Waals surface area contributed by atoms with Gasteiger partial charge in [0.15, 0.2) is 0 Å². The molecule has 1 fully saturated rings. The van der Waals surface area contributed by atoms with Crippen LogP contribution in [0.1, 0.15) is 34.3 Å². The Hall–Kier alpha value is -2.37. The highest BCUT2D eigenvalue weighted by atomic mass is 16.2. The Labute approximate surface area is 123 Å². The van der Waals surface area contributed by atoms with Crippen molar-refractivity contribution in [3.8, 4) is 0 Å². The number of nitrogens with one attached hydrogen (secondary N) is 1. The molecule has 1 saturated heterocycles. The minimum absolute atomic E-state index is 0.221. The van der Waals surface area contributed by atoms with Gasteiger partial charge in [0.1, 0.15) is 6.04 Å². The van der Waals surface area contributed by atoms with Crippen molar-refractivity contribution >= 4 is 23.4 Å². The molecule has 21 heavy (non-hydrogen) atoms. The second kappa shape index (κ2) is 5.55. The van der Waals surface area contributed by atoms with E-state index in [4.69, 9.17) is 5.73 Å². The second-order valence-corrected chi connectivity index (χ2v) is 5.38. The predicted octanol–water partition coefficient (Wildman–Crippen LogP) is 0.763. The number of nitrogens with zero attached hydrogens (tertiary/aromatic N) is 1. The summed E-state index contributed by atoms with van der Waals surface area (Å²) >= 11 is 0. The number of carbonyl (C=O) groups excluding carboxylic acids is 3. The summed E-state index contributed by atoms with van der Waals surface area (Å²) in [4.78, 5) is 36.8. The van der Waals surface area contributed by atoms with Crippen LogP contribution in [-0.4, -0.2) is 35.7 Å². The van der Waals surface area contributed by atoms with Crippen LogP contribution >= 0.6 is 0 Å². The molecule has 3 amide bonds. The minimum Gasteiger partial charge on any atom is -0.398 e. The monoisotopic (exact) mass is 289 g/mol. The van der Waals surface area contributed by atoms with Gasteiger partial charge in [0.25, 0.3) is 11.8 Å². The topological polar surface area (TPSA) is 92.5 Å². The number of rotatable bonds is 2. The highest BCUT2D eigenvalue weighted by molar-refractivity contribution is 6.04. The van der Waals surface area contributed by atoms with E-state index >= 15 is 0 Å². The van der Waals surface area contributed by atoms with E-state index in [1.807, 2.05) is 19.9 Å². The van der Waals surface area contributed by atoms with Gasteiger partial charge in [0.2, 0.25) is 5.91 Å². The van der Waals surface area contributed by atoms with Gasteiger partial charge in [-0.2, -0.15) is 0 Å². The number of likely N-dealkylation sites (N-methyl/N-ethyl adjacent to an activating group) is 1. The summed E-state index contributed by atoms with van der Waals surface area (Å²) in [5, 5.41) is 2.69. The van der Waals surface area contributed by atoms with Crippen molar-refractivity contribution in [3.63, 3.8) is 0 Å². The number of likely N-dealkylation sites (tertiary alicyclic amines) is 1. The lowest BCUT2D eigenvalue weighted by Gasteiger charge is -2.28. The summed E-state index contributed by atoms with van der Waals surface area (Å²) in [5.74, 6) is -0.945. The van der Waals surface area contributed by atoms with E-state index in [0.717, 1.165) is 16.0 Å². The van der Waals surface area contributed by atoms with E-state index in [0.29, 0.717) is 17.7 Å². The molecule has 2 rings (SSSR count). The maximum atomic E-state index is 12.3. The van der Waals surface area contributed by atoms with Crippen molar-refractivity contribution in [2.24, 2.45) is 0 Å². The maximum Gasteiger partial charge on any atom is 0.252 e. The van der Waals surface area contributed by atoms with E-state index < -0.39 is 6.04 Å². The minimum atomic E-state index is -0.665. The number of anilines is 1. The average Bonchev–Trinajstić information content (AvgIpc) is 2.43. The van der Waals surface area contributed by atoms with Crippen LogP contribution in [0, 0.1) is 13.8 Å². The Morgan fingerprint density at radius 1 is 1.29 bits per heavy atom. The Morgan fingerprint density at radius 3 is 2.62 bits per heavy atom.